The molecule has 1 saturated heterocycles. The molecule has 0 aromatic rings. The van der Waals surface area contributed by atoms with Gasteiger partial charge in [0.25, 0.3) is 0 Å². The monoisotopic (exact) mass is 264 g/mol. The highest BCUT2D eigenvalue weighted by molar-refractivity contribution is 4.94. The van der Waals surface area contributed by atoms with Crippen LogP contribution < -0.4 is 10.6 Å². The van der Waals surface area contributed by atoms with Crippen LogP contribution in [0.2, 0.25) is 0 Å². The van der Waals surface area contributed by atoms with Crippen molar-refractivity contribution in [3.05, 3.63) is 0 Å². The van der Waals surface area contributed by atoms with Gasteiger partial charge in [-0.25, -0.2) is 0 Å². The van der Waals surface area contributed by atoms with E-state index in [1.807, 2.05) is 0 Å². The number of nitrogens with one attached hydrogen (secondary N) is 2. The maximum absolute atomic E-state index is 4.03. The molecule has 1 heterocycles. The molecule has 0 radical (unpaired) electrons. The van der Waals surface area contributed by atoms with Gasteiger partial charge in [0.05, 0.1) is 0 Å². The number of hydrogen-bond acceptors (Lipinski definition) is 2. The SMILES string of the molecule is C[C@H](NC1CCCC1C1CCCCN1)C1CCCC1. The Morgan fingerprint density at radius 1 is 0.895 bits per heavy atom. The second-order valence-electron chi connectivity index (χ2n) is 7.26. The van der Waals surface area contributed by atoms with E-state index in [-0.39, 0.29) is 0 Å². The van der Waals surface area contributed by atoms with Gasteiger partial charge in [0, 0.05) is 18.1 Å². The maximum atomic E-state index is 4.03. The van der Waals surface area contributed by atoms with E-state index >= 15 is 0 Å². The van der Waals surface area contributed by atoms with Gasteiger partial charge in [-0.15, -0.1) is 0 Å². The molecule has 2 aliphatic carbocycles. The standard InChI is InChI=1S/C17H32N2/c1-13(14-7-2-3-8-14)19-17-11-6-9-15(17)16-10-4-5-12-18-16/h13-19H,2-12H2,1H3/t13-,15?,16?,17?/m0/s1. The molecule has 4 atom stereocenters. The summed E-state index contributed by atoms with van der Waals surface area (Å²) in [4.78, 5) is 0. The zero-order chi connectivity index (χ0) is 13.1. The molecule has 19 heavy (non-hydrogen) atoms. The van der Waals surface area contributed by atoms with Crippen molar-refractivity contribution in [1.82, 2.24) is 10.6 Å². The molecule has 2 nitrogen and oxygen atoms in total. The lowest BCUT2D eigenvalue weighted by Gasteiger charge is -2.35. The fraction of sp³-hybridized carbons (Fsp3) is 1.00. The molecule has 3 fully saturated rings. The third-order valence-electron chi connectivity index (χ3n) is 6.02. The van der Waals surface area contributed by atoms with Crippen molar-refractivity contribution in [2.75, 3.05) is 6.54 Å². The van der Waals surface area contributed by atoms with E-state index < -0.39 is 0 Å². The second kappa shape index (κ2) is 6.58. The molecule has 2 saturated carbocycles. The van der Waals surface area contributed by atoms with E-state index in [1.165, 1.54) is 70.8 Å². The van der Waals surface area contributed by atoms with E-state index in [0.29, 0.717) is 0 Å². The van der Waals surface area contributed by atoms with Gasteiger partial charge in [-0.3, -0.25) is 0 Å². The predicted molar refractivity (Wildman–Crippen MR) is 81.3 cm³/mol. The summed E-state index contributed by atoms with van der Waals surface area (Å²) < 4.78 is 0. The highest BCUT2D eigenvalue weighted by Gasteiger charge is 2.35. The molecule has 3 unspecified atom stereocenters. The minimum absolute atomic E-state index is 0.747. The molecule has 110 valence electrons. The highest BCUT2D eigenvalue weighted by atomic mass is 15.0. The fourth-order valence-electron chi connectivity index (χ4n) is 4.85. The van der Waals surface area contributed by atoms with Gasteiger partial charge in [0.1, 0.15) is 0 Å². The van der Waals surface area contributed by atoms with Crippen LogP contribution in [0.3, 0.4) is 0 Å². The molecule has 3 rings (SSSR count). The molecule has 2 N–H and O–H groups in total. The van der Waals surface area contributed by atoms with Crippen molar-refractivity contribution >= 4 is 0 Å². The molecule has 0 amide bonds. The summed E-state index contributed by atoms with van der Waals surface area (Å²) in [6.07, 6.45) is 14.4. The summed E-state index contributed by atoms with van der Waals surface area (Å²) in [6, 6.07) is 2.35. The van der Waals surface area contributed by atoms with Crippen LogP contribution in [0.5, 0.6) is 0 Å². The Labute approximate surface area is 119 Å². The molecule has 0 aromatic carbocycles. The Hall–Kier alpha value is -0.0800. The van der Waals surface area contributed by atoms with Crippen LogP contribution in [-0.4, -0.2) is 24.7 Å². The smallest absolute Gasteiger partial charge is 0.0113 e. The van der Waals surface area contributed by atoms with Crippen LogP contribution in [0.1, 0.15) is 71.1 Å². The lowest BCUT2D eigenvalue weighted by atomic mass is 9.87. The first-order valence-electron chi connectivity index (χ1n) is 8.84. The van der Waals surface area contributed by atoms with Gasteiger partial charge >= 0.3 is 0 Å². The molecule has 0 aromatic heterocycles. The van der Waals surface area contributed by atoms with Gasteiger partial charge in [-0.1, -0.05) is 25.7 Å². The Kier molecular flexibility index (Phi) is 4.81. The van der Waals surface area contributed by atoms with Crippen molar-refractivity contribution < 1.29 is 0 Å². The highest BCUT2D eigenvalue weighted by Crippen LogP contribution is 2.34. The molecular weight excluding hydrogens is 232 g/mol. The largest absolute Gasteiger partial charge is 0.314 e. The van der Waals surface area contributed by atoms with Crippen molar-refractivity contribution in [3.8, 4) is 0 Å². The van der Waals surface area contributed by atoms with Crippen molar-refractivity contribution in [2.24, 2.45) is 11.8 Å². The maximum Gasteiger partial charge on any atom is 0.0113 e. The molecule has 0 spiro atoms. The van der Waals surface area contributed by atoms with Gasteiger partial charge in [0.2, 0.25) is 0 Å². The lowest BCUT2D eigenvalue weighted by molar-refractivity contribution is 0.232. The van der Waals surface area contributed by atoms with Crippen LogP contribution in [0.25, 0.3) is 0 Å². The van der Waals surface area contributed by atoms with Gasteiger partial charge in [-0.2, -0.15) is 0 Å². The quantitative estimate of drug-likeness (QED) is 0.812. The predicted octanol–water partition coefficient (Wildman–Crippen LogP) is 3.47. The zero-order valence-electron chi connectivity index (χ0n) is 12.7. The Balaban J connectivity index is 1.53. The summed E-state index contributed by atoms with van der Waals surface area (Å²) in [6.45, 7) is 3.70. The first-order valence-corrected chi connectivity index (χ1v) is 8.84. The third-order valence-corrected chi connectivity index (χ3v) is 6.02. The second-order valence-corrected chi connectivity index (χ2v) is 7.26. The van der Waals surface area contributed by atoms with Crippen molar-refractivity contribution in [2.45, 2.75) is 89.3 Å². The first kappa shape index (κ1) is 13.9. The van der Waals surface area contributed by atoms with E-state index in [4.69, 9.17) is 0 Å². The Bertz CT molecular complexity index is 266. The lowest BCUT2D eigenvalue weighted by Crippen LogP contribution is -2.49. The Morgan fingerprint density at radius 3 is 2.42 bits per heavy atom. The molecule has 1 aliphatic heterocycles. The fourth-order valence-corrected chi connectivity index (χ4v) is 4.85. The minimum Gasteiger partial charge on any atom is -0.314 e. The van der Waals surface area contributed by atoms with Crippen LogP contribution in [-0.2, 0) is 0 Å². The summed E-state index contributed by atoms with van der Waals surface area (Å²) in [7, 11) is 0. The molecular formula is C17H32N2. The third kappa shape index (κ3) is 3.33. The number of piperidine rings is 1. The van der Waals surface area contributed by atoms with E-state index in [0.717, 1.165) is 30.0 Å². The van der Waals surface area contributed by atoms with Gasteiger partial charge in [0.15, 0.2) is 0 Å². The van der Waals surface area contributed by atoms with Crippen LogP contribution in [0.15, 0.2) is 0 Å². The average molecular weight is 264 g/mol. The summed E-state index contributed by atoms with van der Waals surface area (Å²) in [5, 5.41) is 7.82. The van der Waals surface area contributed by atoms with E-state index in [9.17, 15) is 0 Å². The molecule has 3 aliphatic rings. The average Bonchev–Trinajstić information content (AvgIpc) is 3.11. The Morgan fingerprint density at radius 2 is 1.68 bits per heavy atom. The summed E-state index contributed by atoms with van der Waals surface area (Å²) in [5.41, 5.74) is 0. The van der Waals surface area contributed by atoms with Crippen LogP contribution >= 0.6 is 0 Å². The zero-order valence-corrected chi connectivity index (χ0v) is 12.7. The molecule has 0 bridgehead atoms. The van der Waals surface area contributed by atoms with Crippen molar-refractivity contribution in [3.63, 3.8) is 0 Å². The van der Waals surface area contributed by atoms with E-state index in [1.54, 1.807) is 0 Å². The number of rotatable bonds is 4. The normalized spacial score (nSPS) is 38.7. The van der Waals surface area contributed by atoms with Gasteiger partial charge in [-0.05, 0) is 63.8 Å². The summed E-state index contributed by atoms with van der Waals surface area (Å²) in [5.74, 6) is 1.87. The first-order chi connectivity index (χ1) is 9.34. The van der Waals surface area contributed by atoms with Crippen LogP contribution in [0, 0.1) is 11.8 Å². The van der Waals surface area contributed by atoms with Crippen molar-refractivity contribution in [1.29, 1.82) is 0 Å². The topological polar surface area (TPSA) is 24.1 Å². The summed E-state index contributed by atoms with van der Waals surface area (Å²) >= 11 is 0. The van der Waals surface area contributed by atoms with Gasteiger partial charge < -0.3 is 10.6 Å². The van der Waals surface area contributed by atoms with E-state index in [2.05, 4.69) is 17.6 Å². The van der Waals surface area contributed by atoms with Crippen LogP contribution in [0.4, 0.5) is 0 Å². The number of hydrogen-bond donors (Lipinski definition) is 2. The molecule has 2 heteroatoms. The minimum atomic E-state index is 0.747.